The second-order valence-corrected chi connectivity index (χ2v) is 4.52. The molecule has 5 heteroatoms. The van der Waals surface area contributed by atoms with Crippen LogP contribution in [0.2, 0.25) is 0 Å². The second kappa shape index (κ2) is 6.92. The molecule has 0 unspecified atom stereocenters. The minimum absolute atomic E-state index is 0.0160. The Morgan fingerprint density at radius 3 is 2.52 bits per heavy atom. The summed E-state index contributed by atoms with van der Waals surface area (Å²) in [5, 5.41) is 3.19. The monoisotopic (exact) mass is 293 g/mol. The molecular weight excluding hydrogens is 276 g/mol. The topological polar surface area (TPSA) is 30.5 Å². The van der Waals surface area contributed by atoms with E-state index in [0.29, 0.717) is 12.2 Å². The maximum atomic E-state index is 12.4. The lowest BCUT2D eigenvalue weighted by molar-refractivity contribution is -0.0511. The van der Waals surface area contributed by atoms with Gasteiger partial charge in [-0.05, 0) is 30.2 Å². The molecule has 0 radical (unpaired) electrons. The summed E-state index contributed by atoms with van der Waals surface area (Å²) >= 11 is 0. The number of ether oxygens (including phenoxy) is 2. The van der Waals surface area contributed by atoms with Crippen LogP contribution in [0.5, 0.6) is 11.5 Å². The predicted molar refractivity (Wildman–Crippen MR) is 78.1 cm³/mol. The Kier molecular flexibility index (Phi) is 4.98. The number of hydrogen-bond acceptors (Lipinski definition) is 3. The lowest BCUT2D eigenvalue weighted by Crippen LogP contribution is -2.05. The van der Waals surface area contributed by atoms with Crippen LogP contribution in [0.25, 0.3) is 0 Å². The number of nitrogens with one attached hydrogen (secondary N) is 1. The molecule has 3 nitrogen and oxygen atoms in total. The van der Waals surface area contributed by atoms with Crippen LogP contribution in [0, 0.1) is 6.92 Å². The van der Waals surface area contributed by atoms with Crippen LogP contribution < -0.4 is 14.8 Å². The maximum absolute atomic E-state index is 12.4. The Balaban J connectivity index is 2.12. The molecule has 2 aromatic carbocycles. The van der Waals surface area contributed by atoms with E-state index in [9.17, 15) is 8.78 Å². The Bertz CT molecular complexity index is 603. The SMILES string of the molecule is COc1ccc(NCc2ccccc2C)cc1OC(F)F. The summed E-state index contributed by atoms with van der Waals surface area (Å²) in [6.07, 6.45) is 0. The van der Waals surface area contributed by atoms with Crippen LogP contribution in [-0.2, 0) is 6.54 Å². The Hall–Kier alpha value is -2.30. The molecule has 0 aliphatic carbocycles. The maximum Gasteiger partial charge on any atom is 0.387 e. The summed E-state index contributed by atoms with van der Waals surface area (Å²) in [7, 11) is 1.41. The number of halogens is 2. The van der Waals surface area contributed by atoms with Gasteiger partial charge < -0.3 is 14.8 Å². The van der Waals surface area contributed by atoms with E-state index in [-0.39, 0.29) is 11.5 Å². The molecule has 0 aliphatic heterocycles. The quantitative estimate of drug-likeness (QED) is 0.865. The van der Waals surface area contributed by atoms with Gasteiger partial charge in [-0.3, -0.25) is 0 Å². The van der Waals surface area contributed by atoms with E-state index >= 15 is 0 Å². The largest absolute Gasteiger partial charge is 0.493 e. The zero-order chi connectivity index (χ0) is 15.2. The van der Waals surface area contributed by atoms with Gasteiger partial charge in [0, 0.05) is 18.3 Å². The van der Waals surface area contributed by atoms with Crippen molar-refractivity contribution >= 4 is 5.69 Å². The fourth-order valence-corrected chi connectivity index (χ4v) is 1.98. The molecule has 0 spiro atoms. The molecular formula is C16H17F2NO2. The van der Waals surface area contributed by atoms with Crippen molar-refractivity contribution in [2.45, 2.75) is 20.1 Å². The van der Waals surface area contributed by atoms with E-state index in [2.05, 4.69) is 10.1 Å². The number of aryl methyl sites for hydroxylation is 1. The zero-order valence-electron chi connectivity index (χ0n) is 11.9. The first-order valence-electron chi connectivity index (χ1n) is 6.51. The molecule has 0 fully saturated rings. The van der Waals surface area contributed by atoms with Gasteiger partial charge in [0.2, 0.25) is 0 Å². The van der Waals surface area contributed by atoms with Crippen LogP contribution in [0.3, 0.4) is 0 Å². The number of hydrogen-bond donors (Lipinski definition) is 1. The van der Waals surface area contributed by atoms with E-state index in [1.54, 1.807) is 12.1 Å². The minimum Gasteiger partial charge on any atom is -0.493 e. The zero-order valence-corrected chi connectivity index (χ0v) is 11.9. The Morgan fingerprint density at radius 2 is 1.86 bits per heavy atom. The van der Waals surface area contributed by atoms with Gasteiger partial charge in [0.05, 0.1) is 7.11 Å². The average molecular weight is 293 g/mol. The van der Waals surface area contributed by atoms with E-state index < -0.39 is 6.61 Å². The number of anilines is 1. The molecule has 0 aliphatic rings. The highest BCUT2D eigenvalue weighted by Gasteiger charge is 2.11. The van der Waals surface area contributed by atoms with Crippen LogP contribution in [0.1, 0.15) is 11.1 Å². The summed E-state index contributed by atoms with van der Waals surface area (Å²) in [5.41, 5.74) is 3.00. The highest BCUT2D eigenvalue weighted by Crippen LogP contribution is 2.31. The normalized spacial score (nSPS) is 10.5. The van der Waals surface area contributed by atoms with Crippen molar-refractivity contribution in [3.63, 3.8) is 0 Å². The van der Waals surface area contributed by atoms with Crippen molar-refractivity contribution in [3.05, 3.63) is 53.6 Å². The smallest absolute Gasteiger partial charge is 0.387 e. The lowest BCUT2D eigenvalue weighted by atomic mass is 10.1. The molecule has 21 heavy (non-hydrogen) atoms. The van der Waals surface area contributed by atoms with E-state index in [1.165, 1.54) is 18.7 Å². The molecule has 2 rings (SSSR count). The van der Waals surface area contributed by atoms with Gasteiger partial charge in [-0.1, -0.05) is 24.3 Å². The average Bonchev–Trinajstić information content (AvgIpc) is 2.46. The van der Waals surface area contributed by atoms with Crippen molar-refractivity contribution in [2.24, 2.45) is 0 Å². The van der Waals surface area contributed by atoms with Crippen molar-refractivity contribution in [2.75, 3.05) is 12.4 Å². The Morgan fingerprint density at radius 1 is 1.10 bits per heavy atom. The molecule has 0 saturated carbocycles. The summed E-state index contributed by atoms with van der Waals surface area (Å²) in [4.78, 5) is 0. The van der Waals surface area contributed by atoms with Crippen LogP contribution in [0.4, 0.5) is 14.5 Å². The highest BCUT2D eigenvalue weighted by atomic mass is 19.3. The van der Waals surface area contributed by atoms with Gasteiger partial charge in [-0.15, -0.1) is 0 Å². The number of rotatable bonds is 6. The fourth-order valence-electron chi connectivity index (χ4n) is 1.98. The molecule has 0 heterocycles. The summed E-state index contributed by atoms with van der Waals surface area (Å²) in [6.45, 7) is -0.255. The molecule has 1 N–H and O–H groups in total. The summed E-state index contributed by atoms with van der Waals surface area (Å²) in [5.74, 6) is 0.291. The fraction of sp³-hybridized carbons (Fsp3) is 0.250. The number of alkyl halides is 2. The molecule has 0 saturated heterocycles. The second-order valence-electron chi connectivity index (χ2n) is 4.52. The third-order valence-corrected chi connectivity index (χ3v) is 3.12. The van der Waals surface area contributed by atoms with E-state index in [4.69, 9.17) is 4.74 Å². The molecule has 0 aromatic heterocycles. The molecule has 0 amide bonds. The standard InChI is InChI=1S/C16H17F2NO2/c1-11-5-3-4-6-12(11)10-19-13-7-8-14(20-2)15(9-13)21-16(17)18/h3-9,16,19H,10H2,1-2H3. The molecule has 112 valence electrons. The van der Waals surface area contributed by atoms with E-state index in [1.807, 2.05) is 31.2 Å². The minimum atomic E-state index is -2.88. The van der Waals surface area contributed by atoms with Gasteiger partial charge in [-0.2, -0.15) is 8.78 Å². The van der Waals surface area contributed by atoms with Crippen LogP contribution in [-0.4, -0.2) is 13.7 Å². The van der Waals surface area contributed by atoms with Crippen molar-refractivity contribution in [3.8, 4) is 11.5 Å². The lowest BCUT2D eigenvalue weighted by Gasteiger charge is -2.13. The predicted octanol–water partition coefficient (Wildman–Crippen LogP) is 4.22. The Labute approximate surface area is 122 Å². The van der Waals surface area contributed by atoms with Crippen molar-refractivity contribution in [1.29, 1.82) is 0 Å². The van der Waals surface area contributed by atoms with Crippen molar-refractivity contribution < 1.29 is 18.3 Å². The summed E-state index contributed by atoms with van der Waals surface area (Å²) in [6, 6.07) is 12.8. The molecule has 0 bridgehead atoms. The first kappa shape index (κ1) is 15.1. The molecule has 0 atom stereocenters. The van der Waals surface area contributed by atoms with Gasteiger partial charge in [0.15, 0.2) is 11.5 Å². The van der Waals surface area contributed by atoms with Crippen LogP contribution >= 0.6 is 0 Å². The third-order valence-electron chi connectivity index (χ3n) is 3.12. The summed E-state index contributed by atoms with van der Waals surface area (Å²) < 4.78 is 34.2. The van der Waals surface area contributed by atoms with Crippen molar-refractivity contribution in [1.82, 2.24) is 0 Å². The van der Waals surface area contributed by atoms with Gasteiger partial charge in [-0.25, -0.2) is 0 Å². The van der Waals surface area contributed by atoms with Gasteiger partial charge in [0.1, 0.15) is 0 Å². The van der Waals surface area contributed by atoms with E-state index in [0.717, 1.165) is 5.56 Å². The van der Waals surface area contributed by atoms with Gasteiger partial charge in [0.25, 0.3) is 0 Å². The first-order chi connectivity index (χ1) is 10.1. The van der Waals surface area contributed by atoms with Crippen LogP contribution in [0.15, 0.2) is 42.5 Å². The number of methoxy groups -OCH3 is 1. The molecule has 2 aromatic rings. The third kappa shape index (κ3) is 4.08. The first-order valence-corrected chi connectivity index (χ1v) is 6.51. The highest BCUT2D eigenvalue weighted by molar-refractivity contribution is 5.55. The van der Waals surface area contributed by atoms with Gasteiger partial charge >= 0.3 is 6.61 Å². The number of benzene rings is 2.